The van der Waals surface area contributed by atoms with Gasteiger partial charge in [-0.2, -0.15) is 5.26 Å². The van der Waals surface area contributed by atoms with Gasteiger partial charge in [-0.3, -0.25) is 0 Å². The Labute approximate surface area is 138 Å². The maximum atomic E-state index is 9.53. The summed E-state index contributed by atoms with van der Waals surface area (Å²) in [6, 6.07) is 15.6. The third-order valence-electron chi connectivity index (χ3n) is 3.38. The molecule has 1 heterocycles. The summed E-state index contributed by atoms with van der Waals surface area (Å²) < 4.78 is 11.8. The second-order valence-corrected chi connectivity index (χ2v) is 5.77. The van der Waals surface area contributed by atoms with E-state index >= 15 is 0 Å². The van der Waals surface area contributed by atoms with E-state index in [1.54, 1.807) is 20.3 Å². The zero-order chi connectivity index (χ0) is 16.2. The minimum absolute atomic E-state index is 0.498. The fraction of sp³-hybridized carbons (Fsp3) is 0.111. The van der Waals surface area contributed by atoms with E-state index in [0.717, 1.165) is 15.8 Å². The molecule has 0 unspecified atom stereocenters. The van der Waals surface area contributed by atoms with Gasteiger partial charge < -0.3 is 9.47 Å². The monoisotopic (exact) mass is 322 g/mol. The second-order valence-electron chi connectivity index (χ2n) is 4.74. The van der Waals surface area contributed by atoms with Crippen molar-refractivity contribution in [2.45, 2.75) is 0 Å². The van der Waals surface area contributed by atoms with Crippen molar-refractivity contribution < 1.29 is 9.47 Å². The average Bonchev–Trinajstić information content (AvgIpc) is 3.02. The Morgan fingerprint density at radius 3 is 2.65 bits per heavy atom. The smallest absolute Gasteiger partial charge is 0.167 e. The molecule has 0 aliphatic heterocycles. The van der Waals surface area contributed by atoms with Gasteiger partial charge in [-0.15, -0.1) is 11.3 Å². The predicted molar refractivity (Wildman–Crippen MR) is 92.7 cm³/mol. The number of aromatic nitrogens is 1. The minimum atomic E-state index is 0.498. The van der Waals surface area contributed by atoms with Crippen molar-refractivity contribution >= 4 is 33.2 Å². The van der Waals surface area contributed by atoms with Crippen LogP contribution in [0.2, 0.25) is 0 Å². The molecule has 0 N–H and O–H groups in total. The van der Waals surface area contributed by atoms with E-state index in [4.69, 9.17) is 9.47 Å². The Hall–Kier alpha value is -2.84. The molecular weight excluding hydrogens is 308 g/mol. The molecule has 5 heteroatoms. The number of thiazole rings is 1. The summed E-state index contributed by atoms with van der Waals surface area (Å²) in [4.78, 5) is 4.53. The number of allylic oxidation sites excluding steroid dienone is 1. The van der Waals surface area contributed by atoms with Gasteiger partial charge in [0.15, 0.2) is 11.5 Å². The zero-order valence-corrected chi connectivity index (χ0v) is 13.6. The molecule has 3 rings (SSSR count). The summed E-state index contributed by atoms with van der Waals surface area (Å²) in [5.74, 6) is 1.23. The summed E-state index contributed by atoms with van der Waals surface area (Å²) in [6.07, 6.45) is 1.78. The maximum absolute atomic E-state index is 9.53. The van der Waals surface area contributed by atoms with Gasteiger partial charge in [0.2, 0.25) is 0 Å². The van der Waals surface area contributed by atoms with Gasteiger partial charge in [-0.05, 0) is 24.3 Å². The molecule has 0 saturated heterocycles. The standard InChI is InChI=1S/C18H14N2O2S/c1-21-15-8-5-6-12(17(15)22-2)10-13(11-19)18-20-14-7-3-4-9-16(14)23-18/h3-10H,1-2H3/b13-10+. The van der Waals surface area contributed by atoms with E-state index in [1.165, 1.54) is 11.3 Å². The molecule has 0 atom stereocenters. The first kappa shape index (κ1) is 15.1. The quantitative estimate of drug-likeness (QED) is 0.669. The van der Waals surface area contributed by atoms with Crippen molar-refractivity contribution in [2.75, 3.05) is 14.2 Å². The van der Waals surface area contributed by atoms with Gasteiger partial charge in [-0.1, -0.05) is 24.3 Å². The van der Waals surface area contributed by atoms with Crippen LogP contribution in [-0.4, -0.2) is 19.2 Å². The van der Waals surface area contributed by atoms with E-state index in [-0.39, 0.29) is 0 Å². The van der Waals surface area contributed by atoms with Gasteiger partial charge in [0, 0.05) is 5.56 Å². The summed E-state index contributed by atoms with van der Waals surface area (Å²) >= 11 is 1.50. The van der Waals surface area contributed by atoms with Crippen LogP contribution in [-0.2, 0) is 0 Å². The SMILES string of the molecule is COc1cccc(/C=C(\C#N)c2nc3ccccc3s2)c1OC. The van der Waals surface area contributed by atoms with E-state index in [9.17, 15) is 5.26 Å². The number of para-hydroxylation sites is 2. The Morgan fingerprint density at radius 1 is 1.13 bits per heavy atom. The van der Waals surface area contributed by atoms with Gasteiger partial charge in [-0.25, -0.2) is 4.98 Å². The van der Waals surface area contributed by atoms with Gasteiger partial charge >= 0.3 is 0 Å². The molecule has 0 amide bonds. The third kappa shape index (κ3) is 2.89. The number of nitrogens with zero attached hydrogens (tertiary/aromatic N) is 2. The molecule has 114 valence electrons. The topological polar surface area (TPSA) is 55.1 Å². The van der Waals surface area contributed by atoms with E-state index in [2.05, 4.69) is 11.1 Å². The first-order valence-electron chi connectivity index (χ1n) is 6.95. The van der Waals surface area contributed by atoms with Crippen LogP contribution in [0.1, 0.15) is 10.6 Å². The molecular formula is C18H14N2O2S. The molecule has 3 aromatic rings. The molecule has 0 fully saturated rings. The highest BCUT2D eigenvalue weighted by atomic mass is 32.1. The molecule has 0 radical (unpaired) electrons. The molecule has 2 aromatic carbocycles. The third-order valence-corrected chi connectivity index (χ3v) is 4.45. The number of ether oxygens (including phenoxy) is 2. The molecule has 0 aliphatic carbocycles. The Kier molecular flexibility index (Phi) is 4.26. The van der Waals surface area contributed by atoms with Gasteiger partial charge in [0.1, 0.15) is 11.1 Å². The first-order chi connectivity index (χ1) is 11.3. The highest BCUT2D eigenvalue weighted by Crippen LogP contribution is 2.34. The molecule has 0 aliphatic rings. The van der Waals surface area contributed by atoms with Crippen LogP contribution in [0.5, 0.6) is 11.5 Å². The molecule has 1 aromatic heterocycles. The van der Waals surface area contributed by atoms with Crippen LogP contribution in [0.15, 0.2) is 42.5 Å². The van der Waals surface area contributed by atoms with E-state index in [1.807, 2.05) is 42.5 Å². The van der Waals surface area contributed by atoms with Crippen molar-refractivity contribution in [3.05, 3.63) is 53.0 Å². The van der Waals surface area contributed by atoms with Gasteiger partial charge in [0.25, 0.3) is 0 Å². The van der Waals surface area contributed by atoms with Crippen LogP contribution < -0.4 is 9.47 Å². The van der Waals surface area contributed by atoms with Crippen molar-refractivity contribution in [2.24, 2.45) is 0 Å². The Morgan fingerprint density at radius 2 is 1.96 bits per heavy atom. The van der Waals surface area contributed by atoms with Crippen LogP contribution >= 0.6 is 11.3 Å². The highest BCUT2D eigenvalue weighted by Gasteiger charge is 2.12. The largest absolute Gasteiger partial charge is 0.493 e. The first-order valence-corrected chi connectivity index (χ1v) is 7.77. The fourth-order valence-electron chi connectivity index (χ4n) is 2.31. The van der Waals surface area contributed by atoms with Gasteiger partial charge in [0.05, 0.1) is 30.0 Å². The van der Waals surface area contributed by atoms with Crippen LogP contribution in [0.4, 0.5) is 0 Å². The van der Waals surface area contributed by atoms with E-state index in [0.29, 0.717) is 22.1 Å². The molecule has 0 spiro atoms. The lowest BCUT2D eigenvalue weighted by Gasteiger charge is -2.10. The normalized spacial score (nSPS) is 11.3. The number of methoxy groups -OCH3 is 2. The zero-order valence-electron chi connectivity index (χ0n) is 12.7. The fourth-order valence-corrected chi connectivity index (χ4v) is 3.24. The molecule has 0 saturated carbocycles. The number of nitriles is 1. The molecule has 4 nitrogen and oxygen atoms in total. The van der Waals surface area contributed by atoms with Crippen LogP contribution in [0.3, 0.4) is 0 Å². The number of hydrogen-bond acceptors (Lipinski definition) is 5. The number of rotatable bonds is 4. The summed E-state index contributed by atoms with van der Waals surface area (Å²) in [5, 5.41) is 10.2. The second kappa shape index (κ2) is 6.51. The maximum Gasteiger partial charge on any atom is 0.167 e. The molecule has 23 heavy (non-hydrogen) atoms. The number of benzene rings is 2. The van der Waals surface area contributed by atoms with Crippen molar-refractivity contribution in [3.8, 4) is 17.6 Å². The summed E-state index contributed by atoms with van der Waals surface area (Å²) in [5.41, 5.74) is 2.17. The highest BCUT2D eigenvalue weighted by molar-refractivity contribution is 7.19. The lowest BCUT2D eigenvalue weighted by molar-refractivity contribution is 0.354. The van der Waals surface area contributed by atoms with Crippen molar-refractivity contribution in [1.82, 2.24) is 4.98 Å². The summed E-state index contributed by atoms with van der Waals surface area (Å²) in [6.45, 7) is 0. The minimum Gasteiger partial charge on any atom is -0.493 e. The number of fused-ring (bicyclic) bond motifs is 1. The van der Waals surface area contributed by atoms with E-state index < -0.39 is 0 Å². The molecule has 0 bridgehead atoms. The average molecular weight is 322 g/mol. The van der Waals surface area contributed by atoms with Crippen LogP contribution in [0.25, 0.3) is 21.9 Å². The lowest BCUT2D eigenvalue weighted by Crippen LogP contribution is -1.93. The summed E-state index contributed by atoms with van der Waals surface area (Å²) in [7, 11) is 3.17. The number of hydrogen-bond donors (Lipinski definition) is 0. The predicted octanol–water partition coefficient (Wildman–Crippen LogP) is 4.38. The lowest BCUT2D eigenvalue weighted by atomic mass is 10.1. The van der Waals surface area contributed by atoms with Crippen molar-refractivity contribution in [1.29, 1.82) is 5.26 Å². The Balaban J connectivity index is 2.11. The Bertz CT molecular complexity index is 889. The van der Waals surface area contributed by atoms with Crippen molar-refractivity contribution in [3.63, 3.8) is 0 Å². The van der Waals surface area contributed by atoms with Crippen LogP contribution in [0, 0.1) is 11.3 Å².